The van der Waals surface area contributed by atoms with Gasteiger partial charge in [-0.1, -0.05) is 493 Å². The van der Waals surface area contributed by atoms with Gasteiger partial charge in [0.05, 0.1) is 22.8 Å². The minimum atomic E-state index is 0.947. The fourth-order valence-corrected chi connectivity index (χ4v) is 15.5. The summed E-state index contributed by atoms with van der Waals surface area (Å²) >= 11 is 0. The van der Waals surface area contributed by atoms with Crippen molar-refractivity contribution < 1.29 is 0 Å². The van der Waals surface area contributed by atoms with Crippen LogP contribution in [-0.2, 0) is 12.8 Å². The maximum absolute atomic E-state index is 5.62. The third-order valence-electron chi connectivity index (χ3n) is 22.5. The first-order chi connectivity index (χ1) is 50.7. The van der Waals surface area contributed by atoms with Gasteiger partial charge in [-0.15, -0.1) is 0 Å². The normalized spacial score (nSPS) is 12.4. The van der Waals surface area contributed by atoms with Gasteiger partial charge in [-0.25, -0.2) is 4.99 Å². The molecular weight excluding hydrogens is 1230 g/mol. The number of nitrogens with zero attached hydrogens (tertiary/aromatic N) is 2. The number of unbranched alkanes of at least 4 members (excludes halogenated alkanes) is 67. The molecule has 2 aromatic carbocycles. The number of aliphatic imine (C=N–C) groups is 2. The van der Waals surface area contributed by atoms with E-state index in [1.165, 1.54) is 435 Å². The molecule has 0 amide bonds. The van der Waals surface area contributed by atoms with Gasteiger partial charge in [0.25, 0.3) is 0 Å². The maximum Gasteiger partial charge on any atom is 0.0848 e. The van der Waals surface area contributed by atoms with Crippen molar-refractivity contribution in [2.24, 2.45) is 9.98 Å². The zero-order valence-corrected chi connectivity index (χ0v) is 69.7. The van der Waals surface area contributed by atoms with Gasteiger partial charge >= 0.3 is 0 Å². The van der Waals surface area contributed by atoms with E-state index in [2.05, 4.69) is 113 Å². The Hall–Kier alpha value is -3.00. The molecule has 0 fully saturated rings. The Bertz CT molecular complexity index is 2140. The molecule has 0 atom stereocenters. The van der Waals surface area contributed by atoms with E-state index in [-0.39, 0.29) is 0 Å². The van der Waals surface area contributed by atoms with Crippen LogP contribution >= 0.6 is 0 Å². The summed E-state index contributed by atoms with van der Waals surface area (Å²) in [6.45, 7) is 9.27. The molecule has 0 N–H and O–H groups in total. The Labute approximate surface area is 640 Å². The molecule has 0 unspecified atom stereocenters. The van der Waals surface area contributed by atoms with Crippen molar-refractivity contribution in [1.82, 2.24) is 0 Å². The lowest BCUT2D eigenvalue weighted by molar-refractivity contribution is 0.519. The summed E-state index contributed by atoms with van der Waals surface area (Å²) in [6.07, 6.45) is 120. The topological polar surface area (TPSA) is 24.7 Å². The Kier molecular flexibility index (Phi) is 75.1. The van der Waals surface area contributed by atoms with Gasteiger partial charge in [-0.2, -0.15) is 0 Å². The molecule has 0 aromatic heterocycles. The van der Waals surface area contributed by atoms with Crippen LogP contribution in [0.2, 0.25) is 0 Å². The van der Waals surface area contributed by atoms with E-state index < -0.39 is 0 Å². The number of hydrogen-bond donors (Lipinski definition) is 0. The average Bonchev–Trinajstić information content (AvgIpc) is 0.848. The molecule has 2 heteroatoms. The summed E-state index contributed by atoms with van der Waals surface area (Å²) in [5, 5.41) is 0. The SMILES string of the molecule is CCCCCCCCCCCCCCCCCCCCCCC=CC(=Nc1ccccc1CCCC=CCCCCCCCCCCCCCCCCCCCCCCCC)C(CCCC)=Nc1ccccc1CCCC=CCCCCCCCCCCCCCCCCCCCCCCCC. The number of aryl methyl sites for hydroxylation is 2. The second kappa shape index (κ2) is 80.5. The molecule has 2 nitrogen and oxygen atoms in total. The minimum absolute atomic E-state index is 0.947. The molecule has 0 saturated heterocycles. The highest BCUT2D eigenvalue weighted by Crippen LogP contribution is 2.27. The molecule has 0 heterocycles. The molecule has 0 bridgehead atoms. The van der Waals surface area contributed by atoms with Gasteiger partial charge in [-0.3, -0.25) is 4.99 Å². The van der Waals surface area contributed by atoms with E-state index in [0.717, 1.165) is 87.0 Å². The molecule has 0 saturated carbocycles. The van der Waals surface area contributed by atoms with Crippen molar-refractivity contribution in [2.45, 2.75) is 516 Å². The van der Waals surface area contributed by atoms with E-state index in [9.17, 15) is 0 Å². The number of para-hydroxylation sites is 2. The molecule has 2 aromatic rings. The first-order valence-corrected chi connectivity index (χ1v) is 47.0. The largest absolute Gasteiger partial charge is 0.251 e. The third-order valence-corrected chi connectivity index (χ3v) is 22.5. The van der Waals surface area contributed by atoms with E-state index in [4.69, 9.17) is 9.98 Å². The summed E-state index contributed by atoms with van der Waals surface area (Å²) < 4.78 is 0. The summed E-state index contributed by atoms with van der Waals surface area (Å²) in [6, 6.07) is 18.0. The van der Waals surface area contributed by atoms with Crippen LogP contribution < -0.4 is 0 Å². The predicted molar refractivity (Wildman–Crippen MR) is 466 cm³/mol. The van der Waals surface area contributed by atoms with Gasteiger partial charge in [0.15, 0.2) is 0 Å². The summed E-state index contributed by atoms with van der Waals surface area (Å²) in [4.78, 5) is 11.2. The monoisotopic (exact) mass is 1410 g/mol. The highest BCUT2D eigenvalue weighted by atomic mass is 14.8. The predicted octanol–water partition coefficient (Wildman–Crippen LogP) is 36.2. The van der Waals surface area contributed by atoms with Crippen LogP contribution in [0.4, 0.5) is 11.4 Å². The number of allylic oxidation sites excluding steroid dienone is 6. The zero-order chi connectivity index (χ0) is 72.5. The number of hydrogen-bond acceptors (Lipinski definition) is 2. The first kappa shape index (κ1) is 95.1. The molecule has 0 aliphatic carbocycles. The van der Waals surface area contributed by atoms with Crippen molar-refractivity contribution in [1.29, 1.82) is 0 Å². The van der Waals surface area contributed by atoms with Crippen LogP contribution in [0, 0.1) is 0 Å². The standard InChI is InChI=1S/C100H178N2/c1-5-9-13-16-19-22-25-28-31-34-37-40-43-45-47-49-51-53-56-59-62-65-68-71-74-77-80-87-95-89-83-85-92-97(95)101-99(91-12-8-4)100(94-82-79-76-73-70-67-64-61-58-55-42-39-36-33-30-27-24-21-18-15-11-7-3)102-98-93-86-84-90-96(98)88-81-78-75-72-69-66-63-60-57-54-52-50-48-46-44-41-38-35-32-29-26-23-20-17-14-10-6-2/h71-72,74-75,82-86,89-90,92-94H,5-70,73,76-81,87-88,91H2,1-4H3. The van der Waals surface area contributed by atoms with Crippen LogP contribution in [-0.4, -0.2) is 11.4 Å². The number of benzene rings is 2. The molecule has 0 aliphatic heterocycles. The highest BCUT2D eigenvalue weighted by Gasteiger charge is 2.12. The molecule has 588 valence electrons. The van der Waals surface area contributed by atoms with Gasteiger partial charge in [0, 0.05) is 0 Å². The first-order valence-electron chi connectivity index (χ1n) is 47.0. The van der Waals surface area contributed by atoms with Gasteiger partial charge in [0.1, 0.15) is 0 Å². The van der Waals surface area contributed by atoms with E-state index in [0.29, 0.717) is 0 Å². The lowest BCUT2D eigenvalue weighted by Crippen LogP contribution is -2.12. The van der Waals surface area contributed by atoms with Crippen molar-refractivity contribution >= 4 is 22.8 Å². The summed E-state index contributed by atoms with van der Waals surface area (Å²) in [7, 11) is 0. The van der Waals surface area contributed by atoms with E-state index in [1.807, 2.05) is 0 Å². The van der Waals surface area contributed by atoms with E-state index >= 15 is 0 Å². The Morgan fingerprint density at radius 3 is 0.676 bits per heavy atom. The minimum Gasteiger partial charge on any atom is -0.251 e. The molecular formula is C100H178N2. The van der Waals surface area contributed by atoms with Gasteiger partial charge < -0.3 is 0 Å². The molecule has 102 heavy (non-hydrogen) atoms. The Balaban J connectivity index is 1.83. The van der Waals surface area contributed by atoms with Crippen LogP contribution in [0.1, 0.15) is 514 Å². The highest BCUT2D eigenvalue weighted by molar-refractivity contribution is 6.47. The van der Waals surface area contributed by atoms with Crippen LogP contribution in [0.3, 0.4) is 0 Å². The molecule has 0 aliphatic rings. The molecule has 0 spiro atoms. The molecule has 2 rings (SSSR count). The lowest BCUT2D eigenvalue weighted by Gasteiger charge is -2.12. The maximum atomic E-state index is 5.62. The fourth-order valence-electron chi connectivity index (χ4n) is 15.5. The Morgan fingerprint density at radius 2 is 0.422 bits per heavy atom. The second-order valence-electron chi connectivity index (χ2n) is 32.5. The second-order valence-corrected chi connectivity index (χ2v) is 32.5. The van der Waals surface area contributed by atoms with Crippen molar-refractivity contribution in [3.8, 4) is 0 Å². The summed E-state index contributed by atoms with van der Waals surface area (Å²) in [5.74, 6) is 0. The van der Waals surface area contributed by atoms with Crippen LogP contribution in [0.25, 0.3) is 0 Å². The lowest BCUT2D eigenvalue weighted by atomic mass is 10.0. The van der Waals surface area contributed by atoms with Crippen molar-refractivity contribution in [2.75, 3.05) is 0 Å². The van der Waals surface area contributed by atoms with Crippen LogP contribution in [0.5, 0.6) is 0 Å². The van der Waals surface area contributed by atoms with Gasteiger partial charge in [0.2, 0.25) is 0 Å². The Morgan fingerprint density at radius 1 is 0.216 bits per heavy atom. The zero-order valence-electron chi connectivity index (χ0n) is 69.7. The quantitative estimate of drug-likeness (QED) is 0.0358. The number of rotatable bonds is 82. The van der Waals surface area contributed by atoms with Crippen molar-refractivity contribution in [3.63, 3.8) is 0 Å². The molecule has 0 radical (unpaired) electrons. The van der Waals surface area contributed by atoms with Crippen LogP contribution in [0.15, 0.2) is 95.0 Å². The van der Waals surface area contributed by atoms with Crippen molar-refractivity contribution in [3.05, 3.63) is 96.1 Å². The third kappa shape index (κ3) is 65.3. The smallest absolute Gasteiger partial charge is 0.0848 e. The summed E-state index contributed by atoms with van der Waals surface area (Å²) in [5.41, 5.74) is 7.22. The van der Waals surface area contributed by atoms with E-state index in [1.54, 1.807) is 0 Å². The van der Waals surface area contributed by atoms with Gasteiger partial charge in [-0.05, 0) is 119 Å². The fraction of sp³-hybridized carbons (Fsp3) is 0.800. The average molecular weight is 1410 g/mol.